The average molecular weight is 278 g/mol. The Hall–Kier alpha value is -1.53. The van der Waals surface area contributed by atoms with Crippen molar-refractivity contribution in [3.05, 3.63) is 40.3 Å². The summed E-state index contributed by atoms with van der Waals surface area (Å²) in [6.07, 6.45) is 1.01. The SMILES string of the molecule is CCC(NC)c1ccccc1Sc1n[nH]c(=O)n1C. The van der Waals surface area contributed by atoms with Gasteiger partial charge in [0.2, 0.25) is 0 Å². The number of benzene rings is 1. The van der Waals surface area contributed by atoms with E-state index in [4.69, 9.17) is 0 Å². The van der Waals surface area contributed by atoms with E-state index in [-0.39, 0.29) is 5.69 Å². The van der Waals surface area contributed by atoms with Gasteiger partial charge in [0.25, 0.3) is 0 Å². The molecule has 2 aromatic rings. The molecule has 2 rings (SSSR count). The standard InChI is InChI=1S/C13H18N4OS/c1-4-10(14-2)9-7-5-6-8-11(9)19-13-16-15-12(18)17(13)3/h5-8,10,14H,4H2,1-3H3,(H,15,18). The summed E-state index contributed by atoms with van der Waals surface area (Å²) in [7, 11) is 3.67. The van der Waals surface area contributed by atoms with Crippen molar-refractivity contribution in [1.82, 2.24) is 20.1 Å². The molecule has 2 N–H and O–H groups in total. The maximum atomic E-state index is 11.4. The maximum Gasteiger partial charge on any atom is 0.343 e. The third kappa shape index (κ3) is 2.90. The van der Waals surface area contributed by atoms with Gasteiger partial charge in [-0.15, -0.1) is 5.10 Å². The second kappa shape index (κ2) is 6.08. The third-order valence-corrected chi connectivity index (χ3v) is 4.23. The normalized spacial score (nSPS) is 12.6. The molecule has 5 nitrogen and oxygen atoms in total. The first kappa shape index (κ1) is 13.9. The highest BCUT2D eigenvalue weighted by Gasteiger charge is 2.14. The summed E-state index contributed by atoms with van der Waals surface area (Å²) >= 11 is 1.50. The Labute approximate surface area is 116 Å². The maximum absolute atomic E-state index is 11.4. The molecule has 1 atom stereocenters. The summed E-state index contributed by atoms with van der Waals surface area (Å²) < 4.78 is 1.52. The van der Waals surface area contributed by atoms with Crippen molar-refractivity contribution in [3.63, 3.8) is 0 Å². The first-order chi connectivity index (χ1) is 9.17. The second-order valence-corrected chi connectivity index (χ2v) is 5.27. The van der Waals surface area contributed by atoms with Gasteiger partial charge in [0.15, 0.2) is 5.16 Å². The number of rotatable bonds is 5. The van der Waals surface area contributed by atoms with Crippen LogP contribution in [0.4, 0.5) is 0 Å². The van der Waals surface area contributed by atoms with Gasteiger partial charge in [-0.25, -0.2) is 9.89 Å². The van der Waals surface area contributed by atoms with Crippen LogP contribution in [0.2, 0.25) is 0 Å². The number of aromatic amines is 1. The van der Waals surface area contributed by atoms with Crippen LogP contribution < -0.4 is 11.0 Å². The molecule has 0 amide bonds. The second-order valence-electron chi connectivity index (χ2n) is 4.26. The molecule has 0 bridgehead atoms. The minimum atomic E-state index is -0.194. The number of aromatic nitrogens is 3. The quantitative estimate of drug-likeness (QED) is 0.877. The third-order valence-electron chi connectivity index (χ3n) is 3.09. The van der Waals surface area contributed by atoms with Crippen LogP contribution >= 0.6 is 11.8 Å². The fourth-order valence-corrected chi connectivity index (χ4v) is 2.95. The predicted molar refractivity (Wildman–Crippen MR) is 76.5 cm³/mol. The van der Waals surface area contributed by atoms with E-state index in [1.54, 1.807) is 7.05 Å². The van der Waals surface area contributed by atoms with E-state index in [1.165, 1.54) is 21.9 Å². The van der Waals surface area contributed by atoms with E-state index in [0.29, 0.717) is 11.2 Å². The number of nitrogens with one attached hydrogen (secondary N) is 2. The van der Waals surface area contributed by atoms with Gasteiger partial charge in [0, 0.05) is 18.0 Å². The summed E-state index contributed by atoms with van der Waals surface area (Å²) in [5.41, 5.74) is 1.04. The first-order valence-electron chi connectivity index (χ1n) is 6.22. The summed E-state index contributed by atoms with van der Waals surface area (Å²) in [5, 5.41) is 10.5. The molecular weight excluding hydrogens is 260 g/mol. The lowest BCUT2D eigenvalue weighted by Gasteiger charge is -2.17. The van der Waals surface area contributed by atoms with Crippen LogP contribution in [0.5, 0.6) is 0 Å². The fraction of sp³-hybridized carbons (Fsp3) is 0.385. The van der Waals surface area contributed by atoms with Crippen molar-refractivity contribution in [3.8, 4) is 0 Å². The Bertz CT molecular complexity index is 601. The number of nitrogens with zero attached hydrogens (tertiary/aromatic N) is 2. The molecule has 0 fully saturated rings. The Morgan fingerprint density at radius 1 is 1.47 bits per heavy atom. The monoisotopic (exact) mass is 278 g/mol. The average Bonchev–Trinajstić information content (AvgIpc) is 2.74. The molecule has 102 valence electrons. The summed E-state index contributed by atoms with van der Waals surface area (Å²) in [4.78, 5) is 12.5. The van der Waals surface area contributed by atoms with Crippen molar-refractivity contribution in [2.24, 2.45) is 7.05 Å². The molecule has 19 heavy (non-hydrogen) atoms. The lowest BCUT2D eigenvalue weighted by molar-refractivity contribution is 0.568. The molecule has 0 aliphatic carbocycles. The number of H-pyrrole nitrogens is 1. The van der Waals surface area contributed by atoms with Gasteiger partial charge in [0.05, 0.1) is 0 Å². The summed E-state index contributed by atoms with van der Waals surface area (Å²) in [6.45, 7) is 2.15. The Balaban J connectivity index is 2.35. The van der Waals surface area contributed by atoms with Crippen LogP contribution in [0.15, 0.2) is 39.1 Å². The van der Waals surface area contributed by atoms with Crippen molar-refractivity contribution >= 4 is 11.8 Å². The van der Waals surface area contributed by atoms with Crippen LogP contribution in [0.1, 0.15) is 24.9 Å². The molecule has 0 radical (unpaired) electrons. The highest BCUT2D eigenvalue weighted by atomic mass is 32.2. The molecule has 0 spiro atoms. The smallest absolute Gasteiger partial charge is 0.313 e. The Morgan fingerprint density at radius 3 is 2.79 bits per heavy atom. The highest BCUT2D eigenvalue weighted by Crippen LogP contribution is 2.32. The van der Waals surface area contributed by atoms with E-state index in [1.807, 2.05) is 19.2 Å². The zero-order valence-electron chi connectivity index (χ0n) is 11.3. The molecular formula is C13H18N4OS. The summed E-state index contributed by atoms with van der Waals surface area (Å²) in [6, 6.07) is 8.50. The van der Waals surface area contributed by atoms with Gasteiger partial charge in [-0.05, 0) is 36.9 Å². The topological polar surface area (TPSA) is 62.7 Å². The van der Waals surface area contributed by atoms with E-state index in [0.717, 1.165) is 11.3 Å². The van der Waals surface area contributed by atoms with Crippen molar-refractivity contribution in [1.29, 1.82) is 0 Å². The van der Waals surface area contributed by atoms with Gasteiger partial charge in [-0.3, -0.25) is 4.57 Å². The van der Waals surface area contributed by atoms with Crippen LogP contribution in [-0.2, 0) is 7.05 Å². The molecule has 0 saturated heterocycles. The van der Waals surface area contributed by atoms with Crippen LogP contribution in [-0.4, -0.2) is 21.8 Å². The minimum Gasteiger partial charge on any atom is -0.313 e. The molecule has 0 aliphatic rings. The van der Waals surface area contributed by atoms with Gasteiger partial charge < -0.3 is 5.32 Å². The first-order valence-corrected chi connectivity index (χ1v) is 7.04. The molecule has 1 aromatic carbocycles. The summed E-state index contributed by atoms with van der Waals surface area (Å²) in [5.74, 6) is 0. The van der Waals surface area contributed by atoms with Gasteiger partial charge >= 0.3 is 5.69 Å². The molecule has 0 saturated carbocycles. The van der Waals surface area contributed by atoms with Crippen LogP contribution in [0.25, 0.3) is 0 Å². The van der Waals surface area contributed by atoms with Crippen molar-refractivity contribution < 1.29 is 0 Å². The van der Waals surface area contributed by atoms with Crippen LogP contribution in [0, 0.1) is 0 Å². The van der Waals surface area contributed by atoms with E-state index in [9.17, 15) is 4.79 Å². The molecule has 1 unspecified atom stereocenters. The zero-order valence-corrected chi connectivity index (χ0v) is 12.1. The minimum absolute atomic E-state index is 0.194. The van der Waals surface area contributed by atoms with Gasteiger partial charge in [-0.1, -0.05) is 25.1 Å². The Morgan fingerprint density at radius 2 is 2.21 bits per heavy atom. The van der Waals surface area contributed by atoms with E-state index in [2.05, 4.69) is 34.6 Å². The number of hydrogen-bond acceptors (Lipinski definition) is 4. The van der Waals surface area contributed by atoms with Crippen LogP contribution in [0.3, 0.4) is 0 Å². The zero-order chi connectivity index (χ0) is 13.8. The van der Waals surface area contributed by atoms with E-state index >= 15 is 0 Å². The largest absolute Gasteiger partial charge is 0.343 e. The molecule has 1 aromatic heterocycles. The van der Waals surface area contributed by atoms with Crippen molar-refractivity contribution in [2.75, 3.05) is 7.05 Å². The van der Waals surface area contributed by atoms with Crippen molar-refractivity contribution in [2.45, 2.75) is 29.4 Å². The molecule has 0 aliphatic heterocycles. The molecule has 1 heterocycles. The number of hydrogen-bond donors (Lipinski definition) is 2. The lowest BCUT2D eigenvalue weighted by atomic mass is 10.1. The Kier molecular flexibility index (Phi) is 4.44. The fourth-order valence-electron chi connectivity index (χ4n) is 1.96. The highest BCUT2D eigenvalue weighted by molar-refractivity contribution is 7.99. The predicted octanol–water partition coefficient (Wildman–Crippen LogP) is 1.93. The molecule has 6 heteroatoms. The van der Waals surface area contributed by atoms with Gasteiger partial charge in [-0.2, -0.15) is 0 Å². The van der Waals surface area contributed by atoms with Gasteiger partial charge in [0.1, 0.15) is 0 Å². The lowest BCUT2D eigenvalue weighted by Crippen LogP contribution is -2.16. The van der Waals surface area contributed by atoms with E-state index < -0.39 is 0 Å².